The first-order chi connectivity index (χ1) is 23.0. The summed E-state index contributed by atoms with van der Waals surface area (Å²) in [6, 6.07) is 23.8. The molecular formula is C34H27F4N7O3. The molecule has 14 heteroatoms. The molecule has 0 spiro atoms. The highest BCUT2D eigenvalue weighted by Crippen LogP contribution is 2.33. The number of ether oxygens (including phenoxy) is 1. The van der Waals surface area contributed by atoms with Crippen LogP contribution in [0.3, 0.4) is 0 Å². The topological polar surface area (TPSA) is 129 Å². The molecule has 4 N–H and O–H groups in total. The summed E-state index contributed by atoms with van der Waals surface area (Å²) in [6.07, 6.45) is 1.60. The molecule has 0 radical (unpaired) electrons. The van der Waals surface area contributed by atoms with E-state index in [0.717, 1.165) is 12.1 Å². The molecule has 0 bridgehead atoms. The molecule has 244 valence electrons. The van der Waals surface area contributed by atoms with Crippen LogP contribution in [0.4, 0.5) is 52.2 Å². The van der Waals surface area contributed by atoms with Crippen LogP contribution in [-0.4, -0.2) is 37.2 Å². The van der Waals surface area contributed by atoms with E-state index in [1.165, 1.54) is 61.2 Å². The van der Waals surface area contributed by atoms with Gasteiger partial charge in [0.15, 0.2) is 5.75 Å². The van der Waals surface area contributed by atoms with Crippen molar-refractivity contribution in [2.45, 2.75) is 6.18 Å². The van der Waals surface area contributed by atoms with Crippen molar-refractivity contribution in [3.8, 4) is 23.0 Å². The zero-order valence-corrected chi connectivity index (χ0v) is 25.1. The molecule has 0 saturated heterocycles. The summed E-state index contributed by atoms with van der Waals surface area (Å²) in [5, 5.41) is 24.7. The average Bonchev–Trinajstić information content (AvgIpc) is 3.07. The number of rotatable bonds is 8. The van der Waals surface area contributed by atoms with Gasteiger partial charge in [-0.1, -0.05) is 18.2 Å². The van der Waals surface area contributed by atoms with Gasteiger partial charge in [0, 0.05) is 36.2 Å². The molecule has 0 fully saturated rings. The summed E-state index contributed by atoms with van der Waals surface area (Å²) < 4.78 is 56.9. The van der Waals surface area contributed by atoms with E-state index in [2.05, 4.69) is 30.6 Å². The van der Waals surface area contributed by atoms with E-state index in [1.807, 2.05) is 0 Å². The minimum Gasteiger partial charge on any atom is -0.508 e. The number of aromatic hydroxyl groups is 2. The van der Waals surface area contributed by atoms with E-state index in [-0.39, 0.29) is 17.3 Å². The van der Waals surface area contributed by atoms with Crippen molar-refractivity contribution in [3.63, 3.8) is 0 Å². The van der Waals surface area contributed by atoms with E-state index >= 15 is 0 Å². The van der Waals surface area contributed by atoms with Crippen LogP contribution >= 0.6 is 0 Å². The Kier molecular flexibility index (Phi) is 10.1. The summed E-state index contributed by atoms with van der Waals surface area (Å²) >= 11 is 0. The number of phenolic OH excluding ortho intramolecular Hbond substituents is 2. The fraction of sp³-hybridized carbons (Fsp3) is 0.0588. The van der Waals surface area contributed by atoms with Gasteiger partial charge in [-0.15, -0.1) is 0 Å². The smallest absolute Gasteiger partial charge is 0.416 e. The van der Waals surface area contributed by atoms with Crippen LogP contribution in [0, 0.1) is 5.82 Å². The molecule has 0 unspecified atom stereocenters. The first-order valence-electron chi connectivity index (χ1n) is 14.1. The van der Waals surface area contributed by atoms with Gasteiger partial charge in [-0.2, -0.15) is 13.2 Å². The van der Waals surface area contributed by atoms with Crippen molar-refractivity contribution in [2.75, 3.05) is 22.6 Å². The fourth-order valence-corrected chi connectivity index (χ4v) is 4.10. The maximum absolute atomic E-state index is 12.9. The van der Waals surface area contributed by atoms with Crippen molar-refractivity contribution in [3.05, 3.63) is 133 Å². The summed E-state index contributed by atoms with van der Waals surface area (Å²) in [5.41, 5.74) is 1.48. The van der Waals surface area contributed by atoms with E-state index in [1.54, 1.807) is 60.5 Å². The lowest BCUT2D eigenvalue weighted by Gasteiger charge is -2.20. The van der Waals surface area contributed by atoms with Crippen molar-refractivity contribution < 1.29 is 32.5 Å². The molecule has 0 saturated carbocycles. The first kappa shape index (κ1) is 32.9. The van der Waals surface area contributed by atoms with E-state index in [9.17, 15) is 27.8 Å². The van der Waals surface area contributed by atoms with Gasteiger partial charge in [-0.05, 0) is 66.7 Å². The van der Waals surface area contributed by atoms with E-state index in [4.69, 9.17) is 4.74 Å². The third-order valence-corrected chi connectivity index (χ3v) is 6.47. The predicted molar refractivity (Wildman–Crippen MR) is 173 cm³/mol. The minimum atomic E-state index is -4.40. The van der Waals surface area contributed by atoms with Gasteiger partial charge in [-0.25, -0.2) is 24.3 Å². The molecular weight excluding hydrogens is 630 g/mol. The lowest BCUT2D eigenvalue weighted by Crippen LogP contribution is -2.12. The zero-order chi connectivity index (χ0) is 34.1. The molecule has 0 aliphatic carbocycles. The molecule has 0 aliphatic rings. The van der Waals surface area contributed by atoms with Crippen LogP contribution in [0.2, 0.25) is 0 Å². The number of aromatic nitrogens is 4. The molecule has 2 aromatic heterocycles. The van der Waals surface area contributed by atoms with Gasteiger partial charge in [0.1, 0.15) is 23.1 Å². The number of nitrogens with one attached hydrogen (secondary N) is 2. The number of nitrogens with zero attached hydrogens (tertiary/aromatic N) is 5. The maximum atomic E-state index is 12.9. The lowest BCUT2D eigenvalue weighted by atomic mass is 10.2. The second-order valence-electron chi connectivity index (χ2n) is 10.0. The van der Waals surface area contributed by atoms with Crippen LogP contribution in [0.25, 0.3) is 0 Å². The number of anilines is 6. The van der Waals surface area contributed by atoms with Crippen LogP contribution in [0.5, 0.6) is 23.0 Å². The second kappa shape index (κ2) is 14.8. The summed E-state index contributed by atoms with van der Waals surface area (Å²) in [7, 11) is 1.64. The van der Waals surface area contributed by atoms with Crippen LogP contribution in [-0.2, 0) is 6.18 Å². The average molecular weight is 658 g/mol. The molecule has 0 aliphatic heterocycles. The van der Waals surface area contributed by atoms with Gasteiger partial charge < -0.3 is 30.5 Å². The van der Waals surface area contributed by atoms with E-state index in [0.29, 0.717) is 46.1 Å². The Morgan fingerprint density at radius 2 is 1.15 bits per heavy atom. The SMILES string of the molecule is CN(c1cnc(Nc2cccc(O)c2)nc1)c1cccc(C(F)(F)F)c1.Oc1cccc(Nc2ncc(Oc3ccc(F)cc3)cn2)c1. The molecule has 6 aromatic rings. The highest BCUT2D eigenvalue weighted by molar-refractivity contribution is 5.63. The molecule has 10 nitrogen and oxygen atoms in total. The molecule has 0 amide bonds. The monoisotopic (exact) mass is 657 g/mol. The highest BCUT2D eigenvalue weighted by atomic mass is 19.4. The Bertz CT molecular complexity index is 1940. The lowest BCUT2D eigenvalue weighted by molar-refractivity contribution is -0.137. The zero-order valence-electron chi connectivity index (χ0n) is 25.1. The van der Waals surface area contributed by atoms with Crippen molar-refractivity contribution >= 4 is 34.6 Å². The molecule has 0 atom stereocenters. The van der Waals surface area contributed by atoms with Crippen molar-refractivity contribution in [1.29, 1.82) is 0 Å². The van der Waals surface area contributed by atoms with Crippen molar-refractivity contribution in [1.82, 2.24) is 19.9 Å². The fourth-order valence-electron chi connectivity index (χ4n) is 4.10. The number of alkyl halides is 3. The standard InChI is InChI=1S/C18H15F3N4O.C16H12FN3O2/c1-25(14-6-2-4-12(8-14)18(19,20)21)15-10-22-17(23-11-15)24-13-5-3-7-16(26)9-13;17-11-4-6-14(7-5-11)22-15-9-18-16(19-10-15)20-12-2-1-3-13(21)8-12/h2-11,26H,1H3,(H,22,23,24);1-10,21H,(H,18,19,20). The van der Waals surface area contributed by atoms with Gasteiger partial charge >= 0.3 is 6.18 Å². The first-order valence-corrected chi connectivity index (χ1v) is 14.1. The molecule has 48 heavy (non-hydrogen) atoms. The van der Waals surface area contributed by atoms with Crippen LogP contribution in [0.1, 0.15) is 5.56 Å². The Balaban J connectivity index is 0.000000190. The normalized spacial score (nSPS) is 10.8. The summed E-state index contributed by atoms with van der Waals surface area (Å²) in [6.45, 7) is 0. The minimum absolute atomic E-state index is 0.107. The third-order valence-electron chi connectivity index (χ3n) is 6.47. The molecule has 2 heterocycles. The summed E-state index contributed by atoms with van der Waals surface area (Å²) in [4.78, 5) is 18.1. The maximum Gasteiger partial charge on any atom is 0.416 e. The predicted octanol–water partition coefficient (Wildman–Crippen LogP) is 8.57. The number of benzene rings is 4. The van der Waals surface area contributed by atoms with Gasteiger partial charge in [0.2, 0.25) is 11.9 Å². The van der Waals surface area contributed by atoms with Gasteiger partial charge in [0.05, 0.1) is 36.0 Å². The van der Waals surface area contributed by atoms with Crippen LogP contribution < -0.4 is 20.3 Å². The van der Waals surface area contributed by atoms with Gasteiger partial charge in [0.25, 0.3) is 0 Å². The Morgan fingerprint density at radius 3 is 1.67 bits per heavy atom. The Hall–Kier alpha value is -6.44. The summed E-state index contributed by atoms with van der Waals surface area (Å²) in [5.74, 6) is 1.55. The Labute approximate surface area is 272 Å². The number of hydrogen-bond acceptors (Lipinski definition) is 10. The van der Waals surface area contributed by atoms with Crippen LogP contribution in [0.15, 0.2) is 122 Å². The van der Waals surface area contributed by atoms with Crippen molar-refractivity contribution in [2.24, 2.45) is 0 Å². The number of halogens is 4. The molecule has 4 aromatic carbocycles. The number of phenols is 2. The molecule has 6 rings (SSSR count). The Morgan fingerprint density at radius 1 is 0.625 bits per heavy atom. The largest absolute Gasteiger partial charge is 0.508 e. The quantitative estimate of drug-likeness (QED) is 0.118. The number of hydrogen-bond donors (Lipinski definition) is 4. The highest BCUT2D eigenvalue weighted by Gasteiger charge is 2.30. The van der Waals surface area contributed by atoms with E-state index < -0.39 is 11.7 Å². The second-order valence-corrected chi connectivity index (χ2v) is 10.0. The third kappa shape index (κ3) is 9.29. The van der Waals surface area contributed by atoms with Gasteiger partial charge in [-0.3, -0.25) is 0 Å².